The van der Waals surface area contributed by atoms with E-state index in [1.807, 2.05) is 24.3 Å². The lowest BCUT2D eigenvalue weighted by molar-refractivity contribution is -0.111. The number of para-hydroxylation sites is 1. The van der Waals surface area contributed by atoms with Gasteiger partial charge >= 0.3 is 0 Å². The van der Waals surface area contributed by atoms with E-state index in [4.69, 9.17) is 4.74 Å². The predicted molar refractivity (Wildman–Crippen MR) is 126 cm³/mol. The van der Waals surface area contributed by atoms with Crippen LogP contribution in [0.1, 0.15) is 0 Å². The molecule has 1 amide bonds. The molecule has 0 aliphatic carbocycles. The Morgan fingerprint density at radius 1 is 1.13 bits per heavy atom. The third-order valence-electron chi connectivity index (χ3n) is 4.68. The first-order valence-electron chi connectivity index (χ1n) is 9.82. The summed E-state index contributed by atoms with van der Waals surface area (Å²) >= 11 is 0. The molecule has 6 N–H and O–H groups in total. The third-order valence-corrected chi connectivity index (χ3v) is 6.23. The molecule has 2 atom stereocenters. The van der Waals surface area contributed by atoms with Crippen molar-refractivity contribution in [2.24, 2.45) is 0 Å². The lowest BCUT2D eigenvalue weighted by Crippen LogP contribution is -2.67. The molecule has 166 valence electrons. The Morgan fingerprint density at radius 2 is 1.81 bits per heavy atom. The van der Waals surface area contributed by atoms with Crippen LogP contribution in [0.3, 0.4) is 0 Å². The van der Waals surface area contributed by atoms with E-state index < -0.39 is 7.14 Å². The Hall–Kier alpha value is -2.84. The molecule has 1 aliphatic rings. The minimum absolute atomic E-state index is 0.277. The van der Waals surface area contributed by atoms with Gasteiger partial charge < -0.3 is 25.3 Å². The van der Waals surface area contributed by atoms with Crippen LogP contribution < -0.4 is 41.9 Å². The fraction of sp³-hybridized carbons (Fsp3) is 0.286. The van der Waals surface area contributed by atoms with E-state index >= 15 is 0 Å². The summed E-state index contributed by atoms with van der Waals surface area (Å²) in [4.78, 5) is 11.6. The molecule has 10 heteroatoms. The second-order valence-corrected chi connectivity index (χ2v) is 10.6. The maximum absolute atomic E-state index is 12.6. The van der Waals surface area contributed by atoms with Gasteiger partial charge in [-0.1, -0.05) is 18.7 Å². The second kappa shape index (κ2) is 9.98. The monoisotopic (exact) mass is 444 g/mol. The van der Waals surface area contributed by atoms with Gasteiger partial charge in [0.1, 0.15) is 25.5 Å². The first-order valence-corrected chi connectivity index (χ1v) is 12.4. The zero-order valence-electron chi connectivity index (χ0n) is 17.9. The van der Waals surface area contributed by atoms with Crippen LogP contribution in [0.5, 0.6) is 5.75 Å². The maximum atomic E-state index is 12.6. The number of ether oxygens (including phenoxy) is 1. The normalized spacial score (nSPS) is 18.7. The SMILES string of the molecule is C=CC(=O)Nc1ccc(OC)c(NC2NCNC(Nc3ccccc3P(C)(C)=O)N2)c1. The van der Waals surface area contributed by atoms with Gasteiger partial charge in [-0.25, -0.2) is 0 Å². The Kier molecular flexibility index (Phi) is 7.35. The van der Waals surface area contributed by atoms with Crippen LogP contribution in [0.4, 0.5) is 17.1 Å². The molecule has 3 rings (SSSR count). The van der Waals surface area contributed by atoms with Gasteiger partial charge in [0.25, 0.3) is 0 Å². The first-order chi connectivity index (χ1) is 14.8. The largest absolute Gasteiger partial charge is 0.495 e. The fourth-order valence-corrected chi connectivity index (χ4v) is 4.37. The molecule has 2 aromatic carbocycles. The molecule has 31 heavy (non-hydrogen) atoms. The highest BCUT2D eigenvalue weighted by Gasteiger charge is 2.23. The van der Waals surface area contributed by atoms with Crippen molar-refractivity contribution in [1.29, 1.82) is 0 Å². The highest BCUT2D eigenvalue weighted by molar-refractivity contribution is 7.70. The van der Waals surface area contributed by atoms with E-state index in [1.165, 1.54) is 6.08 Å². The molecule has 1 aliphatic heterocycles. The summed E-state index contributed by atoms with van der Waals surface area (Å²) in [5.74, 6) is 0.341. The summed E-state index contributed by atoms with van der Waals surface area (Å²) in [6.45, 7) is 7.50. The molecule has 1 heterocycles. The Morgan fingerprint density at radius 3 is 2.45 bits per heavy atom. The summed E-state index contributed by atoms with van der Waals surface area (Å²) < 4.78 is 18.1. The highest BCUT2D eigenvalue weighted by atomic mass is 31.2. The number of methoxy groups -OCH3 is 1. The average Bonchev–Trinajstić information content (AvgIpc) is 2.74. The number of nitrogens with one attached hydrogen (secondary N) is 6. The van der Waals surface area contributed by atoms with Gasteiger partial charge in [0.2, 0.25) is 5.91 Å². The van der Waals surface area contributed by atoms with Crippen molar-refractivity contribution in [2.45, 2.75) is 12.6 Å². The average molecular weight is 444 g/mol. The van der Waals surface area contributed by atoms with Crippen molar-refractivity contribution >= 4 is 35.4 Å². The van der Waals surface area contributed by atoms with Gasteiger partial charge in [-0.05, 0) is 49.7 Å². The number of carbonyl (C=O) groups is 1. The predicted octanol–water partition coefficient (Wildman–Crippen LogP) is 1.90. The maximum Gasteiger partial charge on any atom is 0.247 e. The number of carbonyl (C=O) groups excluding carboxylic acids is 1. The molecule has 0 saturated carbocycles. The summed E-state index contributed by atoms with van der Waals surface area (Å²) in [6, 6.07) is 12.9. The van der Waals surface area contributed by atoms with Gasteiger partial charge in [0.15, 0.2) is 0 Å². The van der Waals surface area contributed by atoms with E-state index in [1.54, 1.807) is 38.6 Å². The van der Waals surface area contributed by atoms with Crippen LogP contribution in [0.15, 0.2) is 55.1 Å². The fourth-order valence-electron chi connectivity index (χ4n) is 3.20. The quantitative estimate of drug-likeness (QED) is 0.270. The van der Waals surface area contributed by atoms with Crippen LogP contribution in [0.2, 0.25) is 0 Å². The van der Waals surface area contributed by atoms with Crippen molar-refractivity contribution in [3.8, 4) is 5.75 Å². The number of rotatable bonds is 8. The van der Waals surface area contributed by atoms with Gasteiger partial charge in [0, 0.05) is 16.7 Å². The molecule has 2 aromatic rings. The summed E-state index contributed by atoms with van der Waals surface area (Å²) in [7, 11) is -0.847. The lowest BCUT2D eigenvalue weighted by atomic mass is 10.2. The van der Waals surface area contributed by atoms with Crippen molar-refractivity contribution in [3.05, 3.63) is 55.1 Å². The van der Waals surface area contributed by atoms with E-state index in [9.17, 15) is 9.36 Å². The van der Waals surface area contributed by atoms with Gasteiger partial charge in [-0.3, -0.25) is 20.7 Å². The van der Waals surface area contributed by atoms with Crippen molar-refractivity contribution < 1.29 is 14.1 Å². The summed E-state index contributed by atoms with van der Waals surface area (Å²) in [5, 5.41) is 20.1. The summed E-state index contributed by atoms with van der Waals surface area (Å²) in [5.41, 5.74) is 2.13. The number of hydrogen-bond acceptors (Lipinski definition) is 8. The minimum Gasteiger partial charge on any atom is -0.495 e. The topological polar surface area (TPSA) is 116 Å². The van der Waals surface area contributed by atoms with Crippen LogP contribution in [0.25, 0.3) is 0 Å². The second-order valence-electron chi connectivity index (χ2n) is 7.38. The van der Waals surface area contributed by atoms with Crippen LogP contribution in [0, 0.1) is 0 Å². The summed E-state index contributed by atoms with van der Waals surface area (Å²) in [6.07, 6.45) is 0.633. The molecule has 0 radical (unpaired) electrons. The minimum atomic E-state index is -2.43. The van der Waals surface area contributed by atoms with E-state index in [-0.39, 0.29) is 18.5 Å². The van der Waals surface area contributed by atoms with E-state index in [2.05, 4.69) is 38.5 Å². The van der Waals surface area contributed by atoms with Gasteiger partial charge in [-0.15, -0.1) is 0 Å². The molecule has 1 fully saturated rings. The van der Waals surface area contributed by atoms with Crippen LogP contribution in [-0.4, -0.2) is 45.6 Å². The standard InChI is InChI=1S/C21H29N6O3P/c1-5-19(28)24-14-10-11-17(30-2)16(12-14)26-21-23-13-22-20(27-21)25-15-8-6-7-9-18(15)31(3,4)29/h5-12,20-23,25-27H,1,13H2,2-4H3,(H,24,28). The number of benzene rings is 2. The third kappa shape index (κ3) is 6.08. The zero-order chi connectivity index (χ0) is 22.4. The molecular weight excluding hydrogens is 415 g/mol. The van der Waals surface area contributed by atoms with Crippen molar-refractivity contribution in [3.63, 3.8) is 0 Å². The molecule has 0 spiro atoms. The van der Waals surface area contributed by atoms with E-state index in [0.29, 0.717) is 23.8 Å². The van der Waals surface area contributed by atoms with Crippen molar-refractivity contribution in [1.82, 2.24) is 16.0 Å². The Balaban J connectivity index is 1.72. The molecule has 9 nitrogen and oxygen atoms in total. The van der Waals surface area contributed by atoms with Gasteiger partial charge in [-0.2, -0.15) is 0 Å². The number of amides is 1. The smallest absolute Gasteiger partial charge is 0.247 e. The highest BCUT2D eigenvalue weighted by Crippen LogP contribution is 2.37. The number of hydrogen-bond donors (Lipinski definition) is 6. The van der Waals surface area contributed by atoms with Crippen LogP contribution >= 0.6 is 7.14 Å². The Bertz CT molecular complexity index is 993. The first kappa shape index (κ1) is 22.8. The Labute approximate surface area is 182 Å². The molecule has 0 bridgehead atoms. The van der Waals surface area contributed by atoms with Crippen LogP contribution in [-0.2, 0) is 9.36 Å². The number of anilines is 3. The molecule has 1 saturated heterocycles. The lowest BCUT2D eigenvalue weighted by Gasteiger charge is -2.35. The molecule has 0 aromatic heterocycles. The van der Waals surface area contributed by atoms with Crippen molar-refractivity contribution in [2.75, 3.05) is 43.1 Å². The zero-order valence-corrected chi connectivity index (χ0v) is 18.8. The molecular formula is C21H29N6O3P. The van der Waals surface area contributed by atoms with Gasteiger partial charge in [0.05, 0.1) is 19.5 Å². The van der Waals surface area contributed by atoms with E-state index in [0.717, 1.165) is 11.0 Å². The molecule has 2 unspecified atom stereocenters.